The van der Waals surface area contributed by atoms with Crippen molar-refractivity contribution in [3.63, 3.8) is 0 Å². The van der Waals surface area contributed by atoms with Gasteiger partial charge < -0.3 is 5.32 Å². The number of benzene rings is 1. The first-order valence-corrected chi connectivity index (χ1v) is 5.51. The lowest BCUT2D eigenvalue weighted by atomic mass is 10.0. The number of hydrogen-bond donors (Lipinski definition) is 1. The monoisotopic (exact) mass is 235 g/mol. The van der Waals surface area contributed by atoms with Gasteiger partial charge >= 0.3 is 0 Å². The van der Waals surface area contributed by atoms with Gasteiger partial charge in [0.2, 0.25) is 0 Å². The average molecular weight is 236 g/mol. The Morgan fingerprint density at radius 2 is 2.19 bits per heavy atom. The van der Waals surface area contributed by atoms with Gasteiger partial charge in [-0.2, -0.15) is 5.10 Å². The average Bonchev–Trinajstić information content (AvgIpc) is 2.65. The lowest BCUT2D eigenvalue weighted by Gasteiger charge is -2.07. The molecule has 2 aromatic rings. The van der Waals surface area contributed by atoms with Crippen LogP contribution in [0.3, 0.4) is 0 Å². The minimum atomic E-state index is 0.755. The van der Waals surface area contributed by atoms with E-state index in [4.69, 9.17) is 11.6 Å². The van der Waals surface area contributed by atoms with E-state index in [0.717, 1.165) is 28.4 Å². The Labute approximate surface area is 100 Å². The summed E-state index contributed by atoms with van der Waals surface area (Å²) in [6, 6.07) is 7.88. The summed E-state index contributed by atoms with van der Waals surface area (Å²) >= 11 is 5.99. The summed E-state index contributed by atoms with van der Waals surface area (Å²) in [4.78, 5) is 0. The van der Waals surface area contributed by atoms with Gasteiger partial charge in [0.15, 0.2) is 0 Å². The van der Waals surface area contributed by atoms with E-state index in [-0.39, 0.29) is 0 Å². The molecule has 0 spiro atoms. The van der Waals surface area contributed by atoms with Crippen LogP contribution in [0.1, 0.15) is 5.56 Å². The molecule has 0 saturated heterocycles. The SMILES string of the molecule is CNCc1cc(Cl)ccc1-c1ccn(C)n1. The van der Waals surface area contributed by atoms with Crippen LogP contribution in [0, 0.1) is 0 Å². The van der Waals surface area contributed by atoms with Crippen LogP contribution in [-0.2, 0) is 13.6 Å². The van der Waals surface area contributed by atoms with Crippen LogP contribution >= 0.6 is 11.6 Å². The highest BCUT2D eigenvalue weighted by molar-refractivity contribution is 6.30. The van der Waals surface area contributed by atoms with Crippen molar-refractivity contribution in [3.8, 4) is 11.3 Å². The van der Waals surface area contributed by atoms with E-state index in [1.54, 1.807) is 4.68 Å². The Morgan fingerprint density at radius 1 is 1.38 bits per heavy atom. The van der Waals surface area contributed by atoms with Gasteiger partial charge in [0.1, 0.15) is 0 Å². The molecule has 2 rings (SSSR count). The van der Waals surface area contributed by atoms with Crippen LogP contribution < -0.4 is 5.32 Å². The normalized spacial score (nSPS) is 10.7. The second-order valence-electron chi connectivity index (χ2n) is 3.71. The molecule has 0 radical (unpaired) electrons. The summed E-state index contributed by atoms with van der Waals surface area (Å²) in [5, 5.41) is 8.29. The number of aryl methyl sites for hydroxylation is 1. The molecule has 16 heavy (non-hydrogen) atoms. The van der Waals surface area contributed by atoms with E-state index in [0.29, 0.717) is 0 Å². The molecule has 0 saturated carbocycles. The van der Waals surface area contributed by atoms with E-state index >= 15 is 0 Å². The van der Waals surface area contributed by atoms with Crippen molar-refractivity contribution in [3.05, 3.63) is 41.0 Å². The number of nitrogens with one attached hydrogen (secondary N) is 1. The fourth-order valence-electron chi connectivity index (χ4n) is 1.71. The van der Waals surface area contributed by atoms with Crippen LogP contribution in [0.5, 0.6) is 0 Å². The molecule has 1 N–H and O–H groups in total. The largest absolute Gasteiger partial charge is 0.316 e. The van der Waals surface area contributed by atoms with E-state index in [1.165, 1.54) is 0 Å². The third-order valence-electron chi connectivity index (χ3n) is 2.42. The van der Waals surface area contributed by atoms with Crippen molar-refractivity contribution in [2.24, 2.45) is 7.05 Å². The molecule has 1 aromatic carbocycles. The van der Waals surface area contributed by atoms with Gasteiger partial charge in [-0.25, -0.2) is 0 Å². The summed E-state index contributed by atoms with van der Waals surface area (Å²) in [6.07, 6.45) is 1.94. The maximum absolute atomic E-state index is 5.99. The van der Waals surface area contributed by atoms with Crippen LogP contribution in [0.4, 0.5) is 0 Å². The van der Waals surface area contributed by atoms with Gasteiger partial charge in [-0.15, -0.1) is 0 Å². The van der Waals surface area contributed by atoms with Crippen LogP contribution in [0.2, 0.25) is 5.02 Å². The standard InChI is InChI=1S/C12H14ClN3/c1-14-8-9-7-10(13)3-4-11(9)12-5-6-16(2)15-12/h3-7,14H,8H2,1-2H3. The van der Waals surface area contributed by atoms with Gasteiger partial charge in [-0.05, 0) is 30.8 Å². The number of rotatable bonds is 3. The molecule has 0 aliphatic carbocycles. The van der Waals surface area contributed by atoms with Crippen LogP contribution in [0.15, 0.2) is 30.5 Å². The first kappa shape index (κ1) is 11.2. The minimum Gasteiger partial charge on any atom is -0.316 e. The van der Waals surface area contributed by atoms with E-state index in [2.05, 4.69) is 10.4 Å². The molecule has 1 aromatic heterocycles. The summed E-state index contributed by atoms with van der Waals surface area (Å²) in [5.74, 6) is 0. The van der Waals surface area contributed by atoms with Gasteiger partial charge in [0, 0.05) is 30.4 Å². The summed E-state index contributed by atoms with van der Waals surface area (Å²) in [7, 11) is 3.83. The highest BCUT2D eigenvalue weighted by Crippen LogP contribution is 2.24. The topological polar surface area (TPSA) is 29.9 Å². The highest BCUT2D eigenvalue weighted by Gasteiger charge is 2.07. The van der Waals surface area contributed by atoms with Gasteiger partial charge in [-0.1, -0.05) is 17.7 Å². The maximum Gasteiger partial charge on any atom is 0.0926 e. The fraction of sp³-hybridized carbons (Fsp3) is 0.250. The molecular formula is C12H14ClN3. The summed E-state index contributed by atoms with van der Waals surface area (Å²) in [6.45, 7) is 0.784. The zero-order chi connectivity index (χ0) is 11.5. The van der Waals surface area contributed by atoms with Gasteiger partial charge in [0.05, 0.1) is 5.69 Å². The van der Waals surface area contributed by atoms with E-state index < -0.39 is 0 Å². The zero-order valence-corrected chi connectivity index (χ0v) is 10.1. The predicted octanol–water partition coefficient (Wildman–Crippen LogP) is 2.46. The number of nitrogens with zero attached hydrogens (tertiary/aromatic N) is 2. The smallest absolute Gasteiger partial charge is 0.0926 e. The lowest BCUT2D eigenvalue weighted by molar-refractivity contribution is 0.769. The Kier molecular flexibility index (Phi) is 3.27. The molecule has 1 heterocycles. The molecule has 0 amide bonds. The molecule has 0 bridgehead atoms. The van der Waals surface area contributed by atoms with Gasteiger partial charge in [-0.3, -0.25) is 4.68 Å². The van der Waals surface area contributed by atoms with E-state index in [1.807, 2.05) is 44.6 Å². The first-order valence-electron chi connectivity index (χ1n) is 5.14. The fourth-order valence-corrected chi connectivity index (χ4v) is 1.90. The molecule has 0 fully saturated rings. The lowest BCUT2D eigenvalue weighted by Crippen LogP contribution is -2.06. The first-order chi connectivity index (χ1) is 7.70. The Morgan fingerprint density at radius 3 is 2.81 bits per heavy atom. The Hall–Kier alpha value is -1.32. The second kappa shape index (κ2) is 4.68. The number of aromatic nitrogens is 2. The molecule has 0 aliphatic heterocycles. The van der Waals surface area contributed by atoms with Crippen molar-refractivity contribution < 1.29 is 0 Å². The maximum atomic E-state index is 5.99. The molecule has 0 aliphatic rings. The minimum absolute atomic E-state index is 0.755. The van der Waals surface area contributed by atoms with Crippen molar-refractivity contribution >= 4 is 11.6 Å². The van der Waals surface area contributed by atoms with Crippen molar-refractivity contribution in [2.75, 3.05) is 7.05 Å². The number of halogens is 1. The molecular weight excluding hydrogens is 222 g/mol. The van der Waals surface area contributed by atoms with Crippen molar-refractivity contribution in [1.82, 2.24) is 15.1 Å². The summed E-state index contributed by atoms with van der Waals surface area (Å²) in [5.41, 5.74) is 3.26. The Balaban J connectivity index is 2.47. The zero-order valence-electron chi connectivity index (χ0n) is 9.37. The van der Waals surface area contributed by atoms with Crippen LogP contribution in [-0.4, -0.2) is 16.8 Å². The second-order valence-corrected chi connectivity index (χ2v) is 4.14. The van der Waals surface area contributed by atoms with Crippen LogP contribution in [0.25, 0.3) is 11.3 Å². The molecule has 4 heteroatoms. The molecule has 84 valence electrons. The summed E-state index contributed by atoms with van der Waals surface area (Å²) < 4.78 is 1.80. The quantitative estimate of drug-likeness (QED) is 0.886. The molecule has 0 unspecified atom stereocenters. The van der Waals surface area contributed by atoms with Gasteiger partial charge in [0.25, 0.3) is 0 Å². The number of hydrogen-bond acceptors (Lipinski definition) is 2. The third-order valence-corrected chi connectivity index (χ3v) is 2.66. The Bertz CT molecular complexity index is 491. The van der Waals surface area contributed by atoms with Crippen molar-refractivity contribution in [1.29, 1.82) is 0 Å². The molecule has 3 nitrogen and oxygen atoms in total. The van der Waals surface area contributed by atoms with E-state index in [9.17, 15) is 0 Å². The predicted molar refractivity (Wildman–Crippen MR) is 66.4 cm³/mol. The molecule has 0 atom stereocenters. The van der Waals surface area contributed by atoms with Crippen molar-refractivity contribution in [2.45, 2.75) is 6.54 Å². The third kappa shape index (κ3) is 2.26. The highest BCUT2D eigenvalue weighted by atomic mass is 35.5.